The molecule has 7 heteroatoms. The molecule has 0 spiro atoms. The summed E-state index contributed by atoms with van der Waals surface area (Å²) in [5, 5.41) is 2.35. The van der Waals surface area contributed by atoms with E-state index in [0.29, 0.717) is 5.56 Å². The van der Waals surface area contributed by atoms with Crippen molar-refractivity contribution in [1.29, 1.82) is 0 Å². The maximum absolute atomic E-state index is 11.9. The lowest BCUT2D eigenvalue weighted by molar-refractivity contribution is -0.143. The van der Waals surface area contributed by atoms with Gasteiger partial charge in [-0.05, 0) is 12.1 Å². The molecule has 1 aromatic rings. The number of carbonyl (C=O) groups is 3. The van der Waals surface area contributed by atoms with Gasteiger partial charge in [0.2, 0.25) is 0 Å². The molecule has 0 heterocycles. The number of methoxy groups -OCH3 is 2. The van der Waals surface area contributed by atoms with Gasteiger partial charge in [0.1, 0.15) is 5.82 Å². The lowest BCUT2D eigenvalue weighted by Gasteiger charge is -2.10. The lowest BCUT2D eigenvalue weighted by atomic mass is 10.1. The summed E-state index contributed by atoms with van der Waals surface area (Å²) in [5.74, 6) is -2.24. The molecular formula is C14H16N2O5. The Morgan fingerprint density at radius 2 is 1.71 bits per heavy atom. The zero-order chi connectivity index (χ0) is 15.8. The molecule has 1 aromatic carbocycles. The second-order valence-electron chi connectivity index (χ2n) is 3.96. The van der Waals surface area contributed by atoms with Crippen molar-refractivity contribution in [1.82, 2.24) is 5.32 Å². The topological polar surface area (TPSA) is 108 Å². The van der Waals surface area contributed by atoms with Crippen molar-refractivity contribution in [3.63, 3.8) is 0 Å². The Kier molecular flexibility index (Phi) is 5.94. The van der Waals surface area contributed by atoms with E-state index in [0.717, 1.165) is 7.11 Å². The Morgan fingerprint density at radius 1 is 1.10 bits per heavy atom. The number of carbonyl (C=O) groups excluding carboxylic acids is 3. The minimum Gasteiger partial charge on any atom is -0.469 e. The van der Waals surface area contributed by atoms with Crippen LogP contribution in [0, 0.1) is 0 Å². The van der Waals surface area contributed by atoms with Crippen LogP contribution in [0.3, 0.4) is 0 Å². The maximum Gasteiger partial charge on any atom is 0.337 e. The first-order valence-corrected chi connectivity index (χ1v) is 5.99. The molecule has 0 aliphatic heterocycles. The molecule has 112 valence electrons. The van der Waals surface area contributed by atoms with Gasteiger partial charge in [0, 0.05) is 5.56 Å². The Balaban J connectivity index is 2.96. The van der Waals surface area contributed by atoms with Gasteiger partial charge in [-0.1, -0.05) is 18.2 Å². The standard InChI is InChI=1S/C14H16N2O5/c1-20-11(17)8-10(14(19)21-2)12(15)16-13(18)9-6-4-3-5-7-9/h3-7H,8,15H2,1-2H3,(H,16,18)/b12-10-. The fourth-order valence-electron chi connectivity index (χ4n) is 1.48. The summed E-state index contributed by atoms with van der Waals surface area (Å²) in [4.78, 5) is 34.8. The van der Waals surface area contributed by atoms with Crippen LogP contribution in [0.2, 0.25) is 0 Å². The van der Waals surface area contributed by atoms with E-state index in [4.69, 9.17) is 5.73 Å². The van der Waals surface area contributed by atoms with Crippen molar-refractivity contribution in [3.05, 3.63) is 47.3 Å². The Morgan fingerprint density at radius 3 is 2.24 bits per heavy atom. The van der Waals surface area contributed by atoms with E-state index >= 15 is 0 Å². The Bertz CT molecular complexity index is 566. The molecule has 0 saturated heterocycles. The second kappa shape index (κ2) is 7.68. The first-order valence-electron chi connectivity index (χ1n) is 5.99. The predicted octanol–water partition coefficient (Wildman–Crippen LogP) is 0.323. The van der Waals surface area contributed by atoms with Crippen molar-refractivity contribution < 1.29 is 23.9 Å². The molecule has 0 atom stereocenters. The van der Waals surface area contributed by atoms with Crippen LogP contribution in [0.25, 0.3) is 0 Å². The molecule has 21 heavy (non-hydrogen) atoms. The molecule has 1 amide bonds. The first kappa shape index (κ1) is 16.2. The number of ether oxygens (including phenoxy) is 2. The second-order valence-corrected chi connectivity index (χ2v) is 3.96. The van der Waals surface area contributed by atoms with Gasteiger partial charge in [0.25, 0.3) is 5.91 Å². The number of rotatable bonds is 5. The largest absolute Gasteiger partial charge is 0.469 e. The number of amides is 1. The molecule has 7 nitrogen and oxygen atoms in total. The van der Waals surface area contributed by atoms with Crippen LogP contribution in [-0.2, 0) is 19.1 Å². The SMILES string of the molecule is COC(=O)C/C(C(=O)OC)=C(\N)NC(=O)c1ccccc1. The van der Waals surface area contributed by atoms with E-state index in [-0.39, 0.29) is 11.4 Å². The molecule has 0 fully saturated rings. The van der Waals surface area contributed by atoms with Crippen LogP contribution in [0.4, 0.5) is 0 Å². The molecule has 0 unspecified atom stereocenters. The summed E-state index contributed by atoms with van der Waals surface area (Å²) in [7, 11) is 2.32. The van der Waals surface area contributed by atoms with Gasteiger partial charge < -0.3 is 20.5 Å². The summed E-state index contributed by atoms with van der Waals surface area (Å²) >= 11 is 0. The van der Waals surface area contributed by atoms with Gasteiger partial charge in [-0.3, -0.25) is 9.59 Å². The minimum atomic E-state index is -0.814. The molecule has 0 radical (unpaired) electrons. The zero-order valence-electron chi connectivity index (χ0n) is 11.7. The van der Waals surface area contributed by atoms with E-state index in [1.807, 2.05) is 0 Å². The van der Waals surface area contributed by atoms with Crippen LogP contribution in [-0.4, -0.2) is 32.1 Å². The van der Waals surface area contributed by atoms with Gasteiger partial charge in [0.15, 0.2) is 0 Å². The normalized spacial score (nSPS) is 11.1. The molecular weight excluding hydrogens is 276 g/mol. The third-order valence-electron chi connectivity index (χ3n) is 2.59. The maximum atomic E-state index is 11.9. The monoisotopic (exact) mass is 292 g/mol. The van der Waals surface area contributed by atoms with Gasteiger partial charge in [-0.25, -0.2) is 4.79 Å². The van der Waals surface area contributed by atoms with Gasteiger partial charge in [-0.2, -0.15) is 0 Å². The average Bonchev–Trinajstić information content (AvgIpc) is 2.52. The van der Waals surface area contributed by atoms with Gasteiger partial charge in [0.05, 0.1) is 26.2 Å². The highest BCUT2D eigenvalue weighted by Crippen LogP contribution is 2.08. The van der Waals surface area contributed by atoms with E-state index in [1.165, 1.54) is 7.11 Å². The molecule has 0 aliphatic carbocycles. The van der Waals surface area contributed by atoms with Crippen molar-refractivity contribution >= 4 is 17.8 Å². The number of hydrogen-bond donors (Lipinski definition) is 2. The third-order valence-corrected chi connectivity index (χ3v) is 2.59. The summed E-state index contributed by atoms with van der Waals surface area (Å²) in [5.41, 5.74) is 5.87. The number of nitrogens with two attached hydrogens (primary N) is 1. The van der Waals surface area contributed by atoms with Crippen LogP contribution < -0.4 is 11.1 Å². The van der Waals surface area contributed by atoms with Crippen LogP contribution in [0.15, 0.2) is 41.7 Å². The van der Waals surface area contributed by atoms with Crippen molar-refractivity contribution in [3.8, 4) is 0 Å². The predicted molar refractivity (Wildman–Crippen MR) is 73.8 cm³/mol. The first-order chi connectivity index (χ1) is 9.99. The van der Waals surface area contributed by atoms with E-state index in [9.17, 15) is 14.4 Å². The van der Waals surface area contributed by atoms with Crippen LogP contribution >= 0.6 is 0 Å². The number of nitrogens with one attached hydrogen (secondary N) is 1. The minimum absolute atomic E-state index is 0.173. The summed E-state index contributed by atoms with van der Waals surface area (Å²) in [6.45, 7) is 0. The van der Waals surface area contributed by atoms with Crippen molar-refractivity contribution in [2.45, 2.75) is 6.42 Å². The molecule has 0 saturated carbocycles. The number of hydrogen-bond acceptors (Lipinski definition) is 6. The molecule has 3 N–H and O–H groups in total. The average molecular weight is 292 g/mol. The fraction of sp³-hybridized carbons (Fsp3) is 0.214. The Hall–Kier alpha value is -2.83. The highest BCUT2D eigenvalue weighted by Gasteiger charge is 2.20. The summed E-state index contributed by atoms with van der Waals surface area (Å²) in [6.07, 6.45) is -0.399. The van der Waals surface area contributed by atoms with Gasteiger partial charge >= 0.3 is 11.9 Å². The smallest absolute Gasteiger partial charge is 0.337 e. The number of esters is 2. The quantitative estimate of drug-likeness (QED) is 0.598. The van der Waals surface area contributed by atoms with E-state index in [2.05, 4.69) is 14.8 Å². The molecule has 0 bridgehead atoms. The number of benzene rings is 1. The van der Waals surface area contributed by atoms with E-state index < -0.39 is 24.3 Å². The summed E-state index contributed by atoms with van der Waals surface area (Å²) in [6, 6.07) is 8.30. The Labute approximate surface area is 121 Å². The fourth-order valence-corrected chi connectivity index (χ4v) is 1.48. The molecule has 0 aliphatic rings. The molecule has 0 aromatic heterocycles. The molecule has 1 rings (SSSR count). The highest BCUT2D eigenvalue weighted by atomic mass is 16.5. The van der Waals surface area contributed by atoms with E-state index in [1.54, 1.807) is 30.3 Å². The highest BCUT2D eigenvalue weighted by molar-refractivity contribution is 5.98. The van der Waals surface area contributed by atoms with Crippen LogP contribution in [0.5, 0.6) is 0 Å². The lowest BCUT2D eigenvalue weighted by Crippen LogP contribution is -2.31. The van der Waals surface area contributed by atoms with Crippen LogP contribution in [0.1, 0.15) is 16.8 Å². The zero-order valence-corrected chi connectivity index (χ0v) is 11.7. The van der Waals surface area contributed by atoms with Crippen molar-refractivity contribution in [2.24, 2.45) is 5.73 Å². The third kappa shape index (κ3) is 4.64. The van der Waals surface area contributed by atoms with Gasteiger partial charge in [-0.15, -0.1) is 0 Å². The van der Waals surface area contributed by atoms with Crippen molar-refractivity contribution in [2.75, 3.05) is 14.2 Å². The summed E-state index contributed by atoms with van der Waals surface area (Å²) < 4.78 is 9.00.